The summed E-state index contributed by atoms with van der Waals surface area (Å²) in [6, 6.07) is 13.0. The van der Waals surface area contributed by atoms with Gasteiger partial charge in [-0.15, -0.1) is 0 Å². The van der Waals surface area contributed by atoms with E-state index in [9.17, 15) is 4.79 Å². The van der Waals surface area contributed by atoms with Crippen LogP contribution in [-0.4, -0.2) is 19.5 Å². The number of ether oxygens (including phenoxy) is 2. The largest absolute Gasteiger partial charge is 0.496 e. The predicted octanol–water partition coefficient (Wildman–Crippen LogP) is 4.67. The molecule has 0 amide bonds. The third-order valence-electron chi connectivity index (χ3n) is 3.53. The Kier molecular flexibility index (Phi) is 4.63. The van der Waals surface area contributed by atoms with Crippen molar-refractivity contribution in [2.24, 2.45) is 0 Å². The van der Waals surface area contributed by atoms with E-state index < -0.39 is 0 Å². The number of carbonyl (C=O) groups excluding carboxylic acids is 1. The van der Waals surface area contributed by atoms with Crippen molar-refractivity contribution in [1.82, 2.24) is 0 Å². The van der Waals surface area contributed by atoms with Crippen molar-refractivity contribution >= 4 is 27.8 Å². The molecule has 0 fully saturated rings. The zero-order chi connectivity index (χ0) is 16.2. The maximum Gasteiger partial charge on any atom is 0.189 e. The van der Waals surface area contributed by atoms with Crippen LogP contribution in [0.25, 0.3) is 6.08 Å². The van der Waals surface area contributed by atoms with E-state index in [0.29, 0.717) is 17.9 Å². The Morgan fingerprint density at radius 2 is 2.09 bits per heavy atom. The minimum absolute atomic E-state index is 0.0941. The molecule has 2 aromatic carbocycles. The molecule has 0 bridgehead atoms. The van der Waals surface area contributed by atoms with Gasteiger partial charge in [0.2, 0.25) is 0 Å². The van der Waals surface area contributed by atoms with Gasteiger partial charge < -0.3 is 9.47 Å². The zero-order valence-electron chi connectivity index (χ0n) is 12.6. The Morgan fingerprint density at radius 1 is 1.26 bits per heavy atom. The quantitative estimate of drug-likeness (QED) is 0.579. The van der Waals surface area contributed by atoms with Gasteiger partial charge in [-0.05, 0) is 48.1 Å². The van der Waals surface area contributed by atoms with Gasteiger partial charge in [0.25, 0.3) is 0 Å². The normalized spacial score (nSPS) is 13.2. The first-order valence-corrected chi connectivity index (χ1v) is 7.95. The van der Waals surface area contributed by atoms with Gasteiger partial charge in [-0.1, -0.05) is 34.1 Å². The second-order valence-electron chi connectivity index (χ2n) is 5.09. The van der Waals surface area contributed by atoms with Crippen LogP contribution in [-0.2, 0) is 0 Å². The van der Waals surface area contributed by atoms with Crippen LogP contribution in [0.4, 0.5) is 0 Å². The van der Waals surface area contributed by atoms with Crippen LogP contribution in [0.1, 0.15) is 15.9 Å². The average molecular weight is 371 g/mol. The van der Waals surface area contributed by atoms with E-state index in [-0.39, 0.29) is 5.78 Å². The van der Waals surface area contributed by atoms with Gasteiger partial charge in [0, 0.05) is 10.0 Å². The Balaban J connectivity index is 1.82. The number of fused-ring (bicyclic) bond motifs is 1. The van der Waals surface area contributed by atoms with E-state index in [1.807, 2.05) is 36.4 Å². The molecule has 3 nitrogen and oxygen atoms in total. The topological polar surface area (TPSA) is 35.5 Å². The van der Waals surface area contributed by atoms with E-state index >= 15 is 0 Å². The fourth-order valence-electron chi connectivity index (χ4n) is 2.38. The van der Waals surface area contributed by atoms with E-state index in [1.165, 1.54) is 0 Å². The van der Waals surface area contributed by atoms with Gasteiger partial charge in [-0.25, -0.2) is 0 Å². The maximum atomic E-state index is 12.3. The van der Waals surface area contributed by atoms with Crippen molar-refractivity contribution in [3.05, 3.63) is 75.8 Å². The first-order chi connectivity index (χ1) is 11.2. The zero-order valence-corrected chi connectivity index (χ0v) is 14.2. The predicted molar refractivity (Wildman–Crippen MR) is 94.1 cm³/mol. The van der Waals surface area contributed by atoms with Crippen LogP contribution >= 0.6 is 15.9 Å². The molecular weight excluding hydrogens is 356 g/mol. The number of para-hydroxylation sites is 1. The Hall–Kier alpha value is -2.33. The molecule has 0 saturated carbocycles. The lowest BCUT2D eigenvalue weighted by Gasteiger charge is -2.16. The van der Waals surface area contributed by atoms with E-state index in [0.717, 1.165) is 21.4 Å². The van der Waals surface area contributed by atoms with Crippen molar-refractivity contribution in [3.8, 4) is 11.5 Å². The number of carbonyl (C=O) groups is 1. The Bertz CT molecular complexity index is 806. The highest BCUT2D eigenvalue weighted by Gasteiger charge is 2.12. The van der Waals surface area contributed by atoms with Gasteiger partial charge in [0.05, 0.1) is 12.7 Å². The van der Waals surface area contributed by atoms with Crippen LogP contribution < -0.4 is 9.47 Å². The van der Waals surface area contributed by atoms with E-state index in [4.69, 9.17) is 9.47 Å². The number of hydrogen-bond donors (Lipinski definition) is 0. The minimum Gasteiger partial charge on any atom is -0.496 e. The number of rotatable bonds is 4. The second-order valence-corrected chi connectivity index (χ2v) is 6.00. The Labute approximate surface area is 143 Å². The van der Waals surface area contributed by atoms with Crippen LogP contribution in [0.15, 0.2) is 64.7 Å². The van der Waals surface area contributed by atoms with Crippen molar-refractivity contribution in [1.29, 1.82) is 0 Å². The van der Waals surface area contributed by atoms with Crippen molar-refractivity contribution < 1.29 is 14.3 Å². The number of methoxy groups -OCH3 is 1. The molecule has 4 heteroatoms. The Morgan fingerprint density at radius 3 is 2.91 bits per heavy atom. The summed E-state index contributed by atoms with van der Waals surface area (Å²) >= 11 is 3.45. The highest BCUT2D eigenvalue weighted by molar-refractivity contribution is 9.10. The smallest absolute Gasteiger partial charge is 0.189 e. The summed E-state index contributed by atoms with van der Waals surface area (Å²) < 4.78 is 11.9. The molecule has 23 heavy (non-hydrogen) atoms. The van der Waals surface area contributed by atoms with Crippen LogP contribution in [0.2, 0.25) is 0 Å². The summed E-state index contributed by atoms with van der Waals surface area (Å²) in [5.41, 5.74) is 2.49. The third-order valence-corrected chi connectivity index (χ3v) is 4.02. The van der Waals surface area contributed by atoms with Gasteiger partial charge in [-0.2, -0.15) is 0 Å². The highest BCUT2D eigenvalue weighted by Crippen LogP contribution is 2.29. The van der Waals surface area contributed by atoms with E-state index in [1.54, 1.807) is 31.4 Å². The standard InChI is InChI=1S/C19H15BrO3/c1-22-19-5-3-2-4-16(19)17(21)8-6-13-10-14-11-15(20)7-9-18(14)23-12-13/h2-11H,12H2,1H3/b8-6+. The van der Waals surface area contributed by atoms with Gasteiger partial charge in [0.1, 0.15) is 18.1 Å². The number of allylic oxidation sites excluding steroid dienone is 1. The lowest BCUT2D eigenvalue weighted by molar-refractivity contribution is 0.104. The summed E-state index contributed by atoms with van der Waals surface area (Å²) in [6.45, 7) is 0.449. The molecule has 116 valence electrons. The summed E-state index contributed by atoms with van der Waals surface area (Å²) in [5, 5.41) is 0. The van der Waals surface area contributed by atoms with Crippen molar-refractivity contribution in [2.75, 3.05) is 13.7 Å². The van der Waals surface area contributed by atoms with Crippen LogP contribution in [0, 0.1) is 0 Å². The van der Waals surface area contributed by atoms with Crippen molar-refractivity contribution in [2.45, 2.75) is 0 Å². The molecule has 0 atom stereocenters. The molecule has 0 aliphatic carbocycles. The fourth-order valence-corrected chi connectivity index (χ4v) is 2.76. The molecule has 0 aromatic heterocycles. The number of hydrogen-bond acceptors (Lipinski definition) is 3. The first-order valence-electron chi connectivity index (χ1n) is 7.16. The molecule has 0 N–H and O–H groups in total. The minimum atomic E-state index is -0.0941. The van der Waals surface area contributed by atoms with Gasteiger partial charge >= 0.3 is 0 Å². The number of ketones is 1. The first kappa shape index (κ1) is 15.6. The SMILES string of the molecule is COc1ccccc1C(=O)/C=C/C1=Cc2cc(Br)ccc2OC1. The molecule has 1 aliphatic rings. The maximum absolute atomic E-state index is 12.3. The molecule has 2 aromatic rings. The molecule has 0 saturated heterocycles. The molecule has 1 aliphatic heterocycles. The summed E-state index contributed by atoms with van der Waals surface area (Å²) in [5.74, 6) is 1.33. The summed E-state index contributed by atoms with van der Waals surface area (Å²) in [7, 11) is 1.56. The number of halogens is 1. The van der Waals surface area contributed by atoms with Gasteiger partial charge in [-0.3, -0.25) is 4.79 Å². The van der Waals surface area contributed by atoms with Gasteiger partial charge in [0.15, 0.2) is 5.78 Å². The molecular formula is C19H15BrO3. The number of benzene rings is 2. The average Bonchev–Trinajstić information content (AvgIpc) is 2.59. The van der Waals surface area contributed by atoms with Crippen LogP contribution in [0.3, 0.4) is 0 Å². The lowest BCUT2D eigenvalue weighted by Crippen LogP contribution is -2.06. The monoisotopic (exact) mass is 370 g/mol. The van der Waals surface area contributed by atoms with Crippen molar-refractivity contribution in [3.63, 3.8) is 0 Å². The lowest BCUT2D eigenvalue weighted by atomic mass is 10.1. The summed E-state index contributed by atoms with van der Waals surface area (Å²) in [6.07, 6.45) is 5.37. The molecule has 3 rings (SSSR count). The highest BCUT2D eigenvalue weighted by atomic mass is 79.9. The molecule has 0 radical (unpaired) electrons. The second kappa shape index (κ2) is 6.84. The molecule has 0 spiro atoms. The molecule has 1 heterocycles. The van der Waals surface area contributed by atoms with Crippen LogP contribution in [0.5, 0.6) is 11.5 Å². The van der Waals surface area contributed by atoms with E-state index in [2.05, 4.69) is 15.9 Å². The molecule has 0 unspecified atom stereocenters. The third kappa shape index (κ3) is 3.54. The summed E-state index contributed by atoms with van der Waals surface area (Å²) in [4.78, 5) is 12.3. The fraction of sp³-hybridized carbons (Fsp3) is 0.105.